The van der Waals surface area contributed by atoms with E-state index in [0.29, 0.717) is 30.2 Å². The number of benzene rings is 2. The second-order valence-corrected chi connectivity index (χ2v) is 9.42. The second kappa shape index (κ2) is 9.65. The second-order valence-electron chi connectivity index (χ2n) is 9.42. The van der Waals surface area contributed by atoms with E-state index in [-0.39, 0.29) is 11.7 Å². The quantitative estimate of drug-likeness (QED) is 0.542. The first-order valence-electron chi connectivity index (χ1n) is 11.4. The number of carbonyl (C=O) groups is 1. The molecule has 7 nitrogen and oxygen atoms in total. The Labute approximate surface area is 199 Å². The molecule has 176 valence electrons. The fourth-order valence-corrected chi connectivity index (χ4v) is 3.99. The number of aromatic hydroxyl groups is 1. The Morgan fingerprint density at radius 1 is 1.06 bits per heavy atom. The van der Waals surface area contributed by atoms with E-state index in [0.717, 1.165) is 29.7 Å². The number of phenols is 1. The zero-order valence-electron chi connectivity index (χ0n) is 19.8. The van der Waals surface area contributed by atoms with Gasteiger partial charge in [0.2, 0.25) is 0 Å². The smallest absolute Gasteiger partial charge is 0.320 e. The third-order valence-electron chi connectivity index (χ3n) is 5.64. The lowest BCUT2D eigenvalue weighted by molar-refractivity contribution is -0.156. The normalized spacial score (nSPS) is 14.5. The van der Waals surface area contributed by atoms with E-state index in [2.05, 4.69) is 33.3 Å². The molecule has 2 aromatic carbocycles. The molecule has 0 fully saturated rings. The lowest BCUT2D eigenvalue weighted by Crippen LogP contribution is -2.37. The predicted molar refractivity (Wildman–Crippen MR) is 134 cm³/mol. The van der Waals surface area contributed by atoms with E-state index in [1.54, 1.807) is 18.2 Å². The van der Waals surface area contributed by atoms with Crippen molar-refractivity contribution in [1.29, 1.82) is 0 Å². The number of nitrogen functional groups attached to an aromatic ring is 1. The number of nitrogens with two attached hydrogens (primary N) is 1. The molecule has 1 aliphatic heterocycles. The topological polar surface area (TPSA) is 102 Å². The molecule has 0 atom stereocenters. The monoisotopic (exact) mass is 458 g/mol. The summed E-state index contributed by atoms with van der Waals surface area (Å²) in [6, 6.07) is 17.1. The number of aromatic nitrogens is 2. The van der Waals surface area contributed by atoms with Gasteiger partial charge in [-0.25, -0.2) is 0 Å². The summed E-state index contributed by atoms with van der Waals surface area (Å²) < 4.78 is 5.42. The van der Waals surface area contributed by atoms with Crippen LogP contribution in [0.15, 0.2) is 60.7 Å². The van der Waals surface area contributed by atoms with Crippen LogP contribution in [0.1, 0.15) is 32.8 Å². The molecule has 34 heavy (non-hydrogen) atoms. The van der Waals surface area contributed by atoms with Gasteiger partial charge >= 0.3 is 5.97 Å². The highest BCUT2D eigenvalue weighted by molar-refractivity contribution is 5.80. The van der Waals surface area contributed by atoms with Crippen molar-refractivity contribution in [3.05, 3.63) is 66.2 Å². The molecule has 3 N–H and O–H groups in total. The highest BCUT2D eigenvalue weighted by Gasteiger charge is 2.21. The van der Waals surface area contributed by atoms with Crippen LogP contribution in [0.5, 0.6) is 5.75 Å². The van der Waals surface area contributed by atoms with Gasteiger partial charge in [-0.2, -0.15) is 0 Å². The van der Waals surface area contributed by atoms with Gasteiger partial charge in [-0.05, 0) is 62.1 Å². The van der Waals surface area contributed by atoms with Crippen molar-refractivity contribution in [1.82, 2.24) is 15.1 Å². The maximum Gasteiger partial charge on any atom is 0.320 e. The third-order valence-corrected chi connectivity index (χ3v) is 5.64. The Morgan fingerprint density at radius 2 is 1.76 bits per heavy atom. The minimum absolute atomic E-state index is 0.146. The van der Waals surface area contributed by atoms with Crippen LogP contribution in [0.25, 0.3) is 28.0 Å². The lowest BCUT2D eigenvalue weighted by atomic mass is 9.96. The Kier molecular flexibility index (Phi) is 6.65. The van der Waals surface area contributed by atoms with Crippen LogP contribution in [0, 0.1) is 0 Å². The summed E-state index contributed by atoms with van der Waals surface area (Å²) >= 11 is 0. The maximum absolute atomic E-state index is 12.1. The van der Waals surface area contributed by atoms with Crippen molar-refractivity contribution in [3.8, 4) is 28.1 Å². The zero-order chi connectivity index (χ0) is 24.3. The Bertz CT molecular complexity index is 1210. The molecule has 1 aliphatic rings. The molecule has 0 unspecified atom stereocenters. The lowest BCUT2D eigenvalue weighted by Gasteiger charge is -2.27. The number of hydrogen-bond acceptors (Lipinski definition) is 7. The van der Waals surface area contributed by atoms with Crippen molar-refractivity contribution in [2.24, 2.45) is 0 Å². The fraction of sp³-hybridized carbons (Fsp3) is 0.296. The first-order valence-corrected chi connectivity index (χ1v) is 11.4. The zero-order valence-corrected chi connectivity index (χ0v) is 19.8. The van der Waals surface area contributed by atoms with Crippen molar-refractivity contribution >= 4 is 17.4 Å². The molecule has 0 saturated carbocycles. The number of anilines is 1. The molecule has 0 saturated heterocycles. The maximum atomic E-state index is 12.1. The number of ether oxygens (including phenoxy) is 1. The number of phenolic OH excluding ortho intramolecular Hbond substituents is 1. The highest BCUT2D eigenvalue weighted by Crippen LogP contribution is 2.33. The van der Waals surface area contributed by atoms with E-state index < -0.39 is 5.60 Å². The largest absolute Gasteiger partial charge is 0.507 e. The SMILES string of the molecule is CC(C)(C)OC(=O)CN1CC=C(c2ccc(-c3cc(-c4ccccc4O)nnc3N)cc2)CC1. The van der Waals surface area contributed by atoms with Gasteiger partial charge in [0.1, 0.15) is 11.4 Å². The predicted octanol–water partition coefficient (Wildman–Crippen LogP) is 4.53. The highest BCUT2D eigenvalue weighted by atomic mass is 16.6. The summed E-state index contributed by atoms with van der Waals surface area (Å²) in [4.78, 5) is 14.2. The van der Waals surface area contributed by atoms with E-state index in [1.807, 2.05) is 45.0 Å². The van der Waals surface area contributed by atoms with Crippen LogP contribution >= 0.6 is 0 Å². The van der Waals surface area contributed by atoms with Gasteiger partial charge in [0.25, 0.3) is 0 Å². The van der Waals surface area contributed by atoms with Gasteiger partial charge in [0.15, 0.2) is 5.82 Å². The average molecular weight is 459 g/mol. The molecule has 0 bridgehead atoms. The van der Waals surface area contributed by atoms with Crippen molar-refractivity contribution in [2.75, 3.05) is 25.4 Å². The summed E-state index contributed by atoms with van der Waals surface area (Å²) in [7, 11) is 0. The first-order chi connectivity index (χ1) is 16.2. The summed E-state index contributed by atoms with van der Waals surface area (Å²) in [6.45, 7) is 7.45. The molecule has 0 spiro atoms. The number of rotatable bonds is 5. The summed E-state index contributed by atoms with van der Waals surface area (Å²) in [5.74, 6) is 0.287. The summed E-state index contributed by atoms with van der Waals surface area (Å²) in [6.07, 6.45) is 3.03. The van der Waals surface area contributed by atoms with Gasteiger partial charge in [-0.3, -0.25) is 9.69 Å². The van der Waals surface area contributed by atoms with Crippen molar-refractivity contribution in [3.63, 3.8) is 0 Å². The van der Waals surface area contributed by atoms with E-state index >= 15 is 0 Å². The Balaban J connectivity index is 1.47. The van der Waals surface area contributed by atoms with E-state index in [4.69, 9.17) is 10.5 Å². The van der Waals surface area contributed by atoms with Crippen LogP contribution in [0.2, 0.25) is 0 Å². The van der Waals surface area contributed by atoms with Gasteiger partial charge in [0, 0.05) is 24.2 Å². The standard InChI is InChI=1S/C27H30N4O3/c1-27(2,3)34-25(33)17-31-14-12-19(13-15-31)18-8-10-20(11-9-18)22-16-23(29-30-26(22)28)21-6-4-5-7-24(21)32/h4-12,16,32H,13-15,17H2,1-3H3,(H2,28,30). The van der Waals surface area contributed by atoms with Gasteiger partial charge in [0.05, 0.1) is 12.2 Å². The minimum atomic E-state index is -0.467. The number of nitrogens with zero attached hydrogens (tertiary/aromatic N) is 3. The van der Waals surface area contributed by atoms with Crippen LogP contribution in [-0.2, 0) is 9.53 Å². The molecule has 0 aliphatic carbocycles. The minimum Gasteiger partial charge on any atom is -0.507 e. The molecule has 7 heteroatoms. The third kappa shape index (κ3) is 5.61. The molecule has 1 aromatic heterocycles. The average Bonchev–Trinajstić information content (AvgIpc) is 2.79. The molecule has 2 heterocycles. The van der Waals surface area contributed by atoms with Crippen molar-refractivity contribution < 1.29 is 14.6 Å². The molecule has 3 aromatic rings. The number of carbonyl (C=O) groups excluding carboxylic acids is 1. The molecule has 0 amide bonds. The Hall–Kier alpha value is -3.71. The van der Waals surface area contributed by atoms with Crippen LogP contribution < -0.4 is 5.73 Å². The van der Waals surface area contributed by atoms with Crippen LogP contribution in [0.3, 0.4) is 0 Å². The van der Waals surface area contributed by atoms with Gasteiger partial charge in [-0.1, -0.05) is 42.5 Å². The van der Waals surface area contributed by atoms with E-state index in [9.17, 15) is 9.90 Å². The molecule has 4 rings (SSSR count). The summed E-state index contributed by atoms with van der Waals surface area (Å²) in [5.41, 5.74) is 10.9. The molecule has 0 radical (unpaired) electrons. The van der Waals surface area contributed by atoms with Crippen molar-refractivity contribution in [2.45, 2.75) is 32.8 Å². The molecular weight excluding hydrogens is 428 g/mol. The van der Waals surface area contributed by atoms with E-state index in [1.165, 1.54) is 5.57 Å². The van der Waals surface area contributed by atoms with Crippen LogP contribution in [0.4, 0.5) is 5.82 Å². The summed E-state index contributed by atoms with van der Waals surface area (Å²) in [5, 5.41) is 18.4. The van der Waals surface area contributed by atoms with Crippen LogP contribution in [-0.4, -0.2) is 51.4 Å². The number of esters is 1. The Morgan fingerprint density at radius 3 is 2.41 bits per heavy atom. The number of hydrogen-bond donors (Lipinski definition) is 2. The number of para-hydroxylation sites is 1. The fourth-order valence-electron chi connectivity index (χ4n) is 3.99. The van der Waals surface area contributed by atoms with Gasteiger partial charge < -0.3 is 15.6 Å². The first kappa shape index (κ1) is 23.4. The molecular formula is C27H30N4O3. The van der Waals surface area contributed by atoms with Gasteiger partial charge in [-0.15, -0.1) is 10.2 Å².